The fourth-order valence-electron chi connectivity index (χ4n) is 2.25. The molecule has 1 aliphatic rings. The number of ether oxygens (including phenoxy) is 4. The molecule has 1 saturated heterocycles. The number of hydrogen-bond acceptors (Lipinski definition) is 7. The monoisotopic (exact) mass is 337 g/mol. The van der Waals surface area contributed by atoms with Crippen molar-refractivity contribution < 1.29 is 33.3 Å². The number of amides is 1. The van der Waals surface area contributed by atoms with E-state index >= 15 is 0 Å². The van der Waals surface area contributed by atoms with E-state index in [1.54, 1.807) is 18.2 Å². The molecule has 0 unspecified atom stereocenters. The maximum Gasteiger partial charge on any atom is 0.323 e. The van der Waals surface area contributed by atoms with Gasteiger partial charge in [0.2, 0.25) is 0 Å². The third-order valence-electron chi connectivity index (χ3n) is 3.30. The van der Waals surface area contributed by atoms with E-state index in [0.717, 1.165) is 0 Å². The molecule has 1 aromatic rings. The zero-order valence-corrected chi connectivity index (χ0v) is 13.7. The molecular formula is C16H19NO7. The number of benzene rings is 1. The molecule has 0 atom stereocenters. The number of methoxy groups -OCH3 is 1. The Labute approximate surface area is 138 Å². The topological polar surface area (TPSA) is 114 Å². The maximum absolute atomic E-state index is 12.0. The Hall–Kier alpha value is -2.77. The summed E-state index contributed by atoms with van der Waals surface area (Å²) in [5, 5.41) is 0. The molecule has 0 radical (unpaired) electrons. The number of cyclic esters (lactones) is 2. The first kappa shape index (κ1) is 17.6. The van der Waals surface area contributed by atoms with Crippen LogP contribution in [0.1, 0.15) is 19.4 Å². The summed E-state index contributed by atoms with van der Waals surface area (Å²) in [6.07, 6.45) is 0.0974. The normalized spacial score (nSPS) is 17.0. The van der Waals surface area contributed by atoms with E-state index in [2.05, 4.69) is 0 Å². The Morgan fingerprint density at radius 1 is 1.21 bits per heavy atom. The van der Waals surface area contributed by atoms with E-state index < -0.39 is 29.6 Å². The molecule has 0 aromatic heterocycles. The first-order chi connectivity index (χ1) is 11.2. The van der Waals surface area contributed by atoms with Crippen LogP contribution in [0.3, 0.4) is 0 Å². The number of carbonyl (C=O) groups is 3. The molecule has 0 saturated carbocycles. The van der Waals surface area contributed by atoms with Crippen LogP contribution in [0, 0.1) is 5.92 Å². The van der Waals surface area contributed by atoms with Crippen molar-refractivity contribution in [3.63, 3.8) is 0 Å². The first-order valence-corrected chi connectivity index (χ1v) is 7.25. The molecule has 2 N–H and O–H groups in total. The number of hydrogen-bond donors (Lipinski definition) is 1. The van der Waals surface area contributed by atoms with Gasteiger partial charge in [-0.3, -0.25) is 14.4 Å². The summed E-state index contributed by atoms with van der Waals surface area (Å²) in [6.45, 7) is 2.70. The average molecular weight is 337 g/mol. The van der Waals surface area contributed by atoms with Gasteiger partial charge in [0.1, 0.15) is 0 Å². The summed E-state index contributed by atoms with van der Waals surface area (Å²) in [4.78, 5) is 34.8. The second-order valence-corrected chi connectivity index (χ2v) is 5.74. The van der Waals surface area contributed by atoms with Gasteiger partial charge in [-0.05, 0) is 24.1 Å². The summed E-state index contributed by atoms with van der Waals surface area (Å²) >= 11 is 0. The van der Waals surface area contributed by atoms with Crippen molar-refractivity contribution in [1.29, 1.82) is 0 Å². The molecule has 0 aliphatic carbocycles. The number of esters is 2. The van der Waals surface area contributed by atoms with Gasteiger partial charge >= 0.3 is 11.9 Å². The molecule has 1 amide bonds. The van der Waals surface area contributed by atoms with Crippen molar-refractivity contribution in [2.24, 2.45) is 11.7 Å². The second kappa shape index (κ2) is 6.77. The Bertz CT molecular complexity index is 648. The molecule has 2 rings (SSSR count). The van der Waals surface area contributed by atoms with Crippen molar-refractivity contribution in [3.05, 3.63) is 23.8 Å². The molecule has 1 fully saturated rings. The molecule has 8 heteroatoms. The van der Waals surface area contributed by atoms with Crippen molar-refractivity contribution in [2.45, 2.75) is 26.1 Å². The molecule has 1 aliphatic heterocycles. The van der Waals surface area contributed by atoms with Crippen LogP contribution in [0.5, 0.6) is 11.5 Å². The van der Waals surface area contributed by atoms with Crippen LogP contribution in [-0.4, -0.2) is 37.3 Å². The highest BCUT2D eigenvalue weighted by molar-refractivity contribution is 5.97. The molecule has 0 spiro atoms. The maximum atomic E-state index is 12.0. The van der Waals surface area contributed by atoms with Crippen LogP contribution >= 0.6 is 0 Å². The summed E-state index contributed by atoms with van der Waals surface area (Å²) in [5.74, 6) is -3.50. The van der Waals surface area contributed by atoms with Gasteiger partial charge in [0, 0.05) is 13.8 Å². The number of nitrogens with two attached hydrogens (primary N) is 1. The van der Waals surface area contributed by atoms with Crippen LogP contribution in [0.15, 0.2) is 18.2 Å². The lowest BCUT2D eigenvalue weighted by Gasteiger charge is -2.32. The number of primary amides is 1. The van der Waals surface area contributed by atoms with Gasteiger partial charge in [0.15, 0.2) is 24.0 Å². The van der Waals surface area contributed by atoms with Gasteiger partial charge in [0.05, 0.1) is 7.11 Å². The molecule has 8 nitrogen and oxygen atoms in total. The van der Waals surface area contributed by atoms with Crippen LogP contribution < -0.4 is 15.2 Å². The number of carbonyl (C=O) groups excluding carboxylic acids is 3. The van der Waals surface area contributed by atoms with E-state index in [1.807, 2.05) is 0 Å². The van der Waals surface area contributed by atoms with Gasteiger partial charge < -0.3 is 24.7 Å². The zero-order valence-electron chi connectivity index (χ0n) is 13.7. The standard InChI is InChI=1S/C16H19NO7/c1-16(2)23-14(19)10(15(20)24-16)6-9-4-5-11(12(7-9)21-3)22-8-13(17)18/h4-5,7,10H,6,8H2,1-3H3,(H2,17,18). The summed E-state index contributed by atoms with van der Waals surface area (Å²) in [5.41, 5.74) is 5.68. The fraction of sp³-hybridized carbons (Fsp3) is 0.438. The predicted octanol–water partition coefficient (Wildman–Crippen LogP) is 0.554. The highest BCUT2D eigenvalue weighted by Gasteiger charge is 2.43. The fourth-order valence-corrected chi connectivity index (χ4v) is 2.25. The van der Waals surface area contributed by atoms with Crippen LogP contribution in [0.4, 0.5) is 0 Å². The Morgan fingerprint density at radius 3 is 2.38 bits per heavy atom. The van der Waals surface area contributed by atoms with Gasteiger partial charge in [-0.25, -0.2) is 0 Å². The lowest BCUT2D eigenvalue weighted by atomic mass is 9.98. The molecule has 0 bridgehead atoms. The van der Waals surface area contributed by atoms with Gasteiger partial charge in [-0.1, -0.05) is 6.07 Å². The van der Waals surface area contributed by atoms with Crippen LogP contribution in [-0.2, 0) is 30.3 Å². The quantitative estimate of drug-likeness (QED) is 0.595. The van der Waals surface area contributed by atoms with Gasteiger partial charge in [-0.2, -0.15) is 0 Å². The third-order valence-corrected chi connectivity index (χ3v) is 3.30. The van der Waals surface area contributed by atoms with E-state index in [4.69, 9.17) is 24.7 Å². The zero-order chi connectivity index (χ0) is 17.9. The summed E-state index contributed by atoms with van der Waals surface area (Å²) in [6, 6.07) is 4.83. The lowest BCUT2D eigenvalue weighted by Crippen LogP contribution is -2.46. The van der Waals surface area contributed by atoms with Crippen LogP contribution in [0.2, 0.25) is 0 Å². The van der Waals surface area contributed by atoms with Gasteiger partial charge in [0.25, 0.3) is 11.7 Å². The second-order valence-electron chi connectivity index (χ2n) is 5.74. The van der Waals surface area contributed by atoms with E-state index in [0.29, 0.717) is 17.1 Å². The minimum atomic E-state index is -1.26. The molecule has 1 aromatic carbocycles. The summed E-state index contributed by atoms with van der Waals surface area (Å²) < 4.78 is 20.6. The SMILES string of the molecule is COc1cc(CC2C(=O)OC(C)(C)OC2=O)ccc1OCC(N)=O. The predicted molar refractivity (Wildman–Crippen MR) is 81.1 cm³/mol. The summed E-state index contributed by atoms with van der Waals surface area (Å²) in [7, 11) is 1.43. The van der Waals surface area contributed by atoms with Gasteiger partial charge in [-0.15, -0.1) is 0 Å². The van der Waals surface area contributed by atoms with E-state index in [9.17, 15) is 14.4 Å². The molecule has 24 heavy (non-hydrogen) atoms. The van der Waals surface area contributed by atoms with E-state index in [-0.39, 0.29) is 13.0 Å². The highest BCUT2D eigenvalue weighted by atomic mass is 16.7. The lowest BCUT2D eigenvalue weighted by molar-refractivity contribution is -0.239. The van der Waals surface area contributed by atoms with Crippen molar-refractivity contribution in [1.82, 2.24) is 0 Å². The van der Waals surface area contributed by atoms with Crippen molar-refractivity contribution in [3.8, 4) is 11.5 Å². The van der Waals surface area contributed by atoms with Crippen molar-refractivity contribution in [2.75, 3.05) is 13.7 Å². The van der Waals surface area contributed by atoms with E-state index in [1.165, 1.54) is 21.0 Å². The van der Waals surface area contributed by atoms with Crippen molar-refractivity contribution >= 4 is 17.8 Å². The Morgan fingerprint density at radius 2 is 1.83 bits per heavy atom. The third kappa shape index (κ3) is 4.15. The largest absolute Gasteiger partial charge is 0.493 e. The van der Waals surface area contributed by atoms with Crippen LogP contribution in [0.25, 0.3) is 0 Å². The smallest absolute Gasteiger partial charge is 0.323 e. The molecule has 130 valence electrons. The minimum Gasteiger partial charge on any atom is -0.493 e. The Balaban J connectivity index is 2.14. The Kier molecular flexibility index (Phi) is 4.96. The average Bonchev–Trinajstić information content (AvgIpc) is 2.48. The number of rotatable bonds is 6. The highest BCUT2D eigenvalue weighted by Crippen LogP contribution is 2.31. The molecule has 1 heterocycles. The molecular weight excluding hydrogens is 318 g/mol. The minimum absolute atomic E-state index is 0.0974. The first-order valence-electron chi connectivity index (χ1n) is 7.25.